The minimum atomic E-state index is -4.57. The zero-order valence-electron chi connectivity index (χ0n) is 16.4. The largest absolute Gasteiger partial charge is 0.598 e. The van der Waals surface area contributed by atoms with Crippen LogP contribution in [0.1, 0.15) is 49.6 Å². The second-order valence-electron chi connectivity index (χ2n) is 7.67. The molecule has 9 heteroatoms. The van der Waals surface area contributed by atoms with Crippen LogP contribution in [0.25, 0.3) is 0 Å². The summed E-state index contributed by atoms with van der Waals surface area (Å²) in [6.07, 6.45) is -3.52. The van der Waals surface area contributed by atoms with Gasteiger partial charge in [-0.25, -0.2) is 0 Å². The van der Waals surface area contributed by atoms with Crippen molar-refractivity contribution in [2.24, 2.45) is 0 Å². The first-order valence-electron chi connectivity index (χ1n) is 8.67. The second-order valence-corrected chi connectivity index (χ2v) is 10.1. The van der Waals surface area contributed by atoms with Crippen LogP contribution in [0.3, 0.4) is 0 Å². The van der Waals surface area contributed by atoms with E-state index in [-0.39, 0.29) is 17.7 Å². The van der Waals surface area contributed by atoms with Gasteiger partial charge in [0, 0.05) is 17.6 Å². The number of hydrogen-bond acceptors (Lipinski definition) is 4. The summed E-state index contributed by atoms with van der Waals surface area (Å²) < 4.78 is 55.5. The van der Waals surface area contributed by atoms with Gasteiger partial charge < -0.3 is 4.55 Å². The predicted molar refractivity (Wildman–Crippen MR) is 107 cm³/mol. The number of hydrogen-bond donors (Lipinski definition) is 1. The molecule has 0 aliphatic heterocycles. The molecule has 0 aliphatic carbocycles. The number of halogens is 4. The van der Waals surface area contributed by atoms with Gasteiger partial charge in [-0.15, -0.1) is 4.72 Å². The van der Waals surface area contributed by atoms with Crippen molar-refractivity contribution in [1.29, 1.82) is 5.26 Å². The fourth-order valence-corrected chi connectivity index (χ4v) is 3.77. The Labute approximate surface area is 176 Å². The van der Waals surface area contributed by atoms with Crippen LogP contribution in [0.4, 0.5) is 13.2 Å². The number of benzene rings is 1. The summed E-state index contributed by atoms with van der Waals surface area (Å²) in [4.78, 5) is 4.24. The third-order valence-electron chi connectivity index (χ3n) is 4.23. The van der Waals surface area contributed by atoms with Crippen molar-refractivity contribution in [3.63, 3.8) is 0 Å². The van der Waals surface area contributed by atoms with Crippen molar-refractivity contribution in [1.82, 2.24) is 9.71 Å². The Morgan fingerprint density at radius 3 is 2.28 bits per heavy atom. The van der Waals surface area contributed by atoms with Gasteiger partial charge in [0.1, 0.15) is 10.3 Å². The van der Waals surface area contributed by atoms with Crippen molar-refractivity contribution < 1.29 is 17.7 Å². The first kappa shape index (κ1) is 23.5. The number of alkyl halides is 3. The molecule has 4 nitrogen and oxygen atoms in total. The summed E-state index contributed by atoms with van der Waals surface area (Å²) in [6, 6.07) is 8.57. The van der Waals surface area contributed by atoms with Gasteiger partial charge in [-0.1, -0.05) is 23.2 Å². The van der Waals surface area contributed by atoms with E-state index in [0.717, 1.165) is 12.1 Å². The first-order valence-corrected chi connectivity index (χ1v) is 10.2. The summed E-state index contributed by atoms with van der Waals surface area (Å²) in [7, 11) is 0. The lowest BCUT2D eigenvalue weighted by Gasteiger charge is -2.36. The SMILES string of the molecule is Cc1cc(C(F)(F)F)cc([C@@](CC#N)(N[S+]([O-])C(C)(C)C)c2ccc(Cl)cn2)c1. The summed E-state index contributed by atoms with van der Waals surface area (Å²) in [5.74, 6) is 0. The van der Waals surface area contributed by atoms with Crippen LogP contribution >= 0.6 is 11.6 Å². The predicted octanol–water partition coefficient (Wildman–Crippen LogP) is 5.27. The van der Waals surface area contributed by atoms with Crippen molar-refractivity contribution in [3.8, 4) is 6.07 Å². The molecule has 0 saturated carbocycles. The molecule has 0 amide bonds. The van der Waals surface area contributed by atoms with Crippen LogP contribution in [-0.2, 0) is 23.1 Å². The van der Waals surface area contributed by atoms with Gasteiger partial charge in [0.25, 0.3) is 0 Å². The Morgan fingerprint density at radius 1 is 1.17 bits per heavy atom. The van der Waals surface area contributed by atoms with E-state index in [1.165, 1.54) is 31.3 Å². The molecule has 0 aliphatic rings. The third-order valence-corrected chi connectivity index (χ3v) is 6.10. The second kappa shape index (κ2) is 8.52. The smallest absolute Gasteiger partial charge is 0.416 e. The molecule has 1 aromatic carbocycles. The highest BCUT2D eigenvalue weighted by Crippen LogP contribution is 2.39. The number of nitriles is 1. The average molecular weight is 444 g/mol. The highest BCUT2D eigenvalue weighted by Gasteiger charge is 2.44. The lowest BCUT2D eigenvalue weighted by Crippen LogP contribution is -2.52. The van der Waals surface area contributed by atoms with E-state index in [4.69, 9.17) is 11.6 Å². The molecule has 0 fully saturated rings. The fraction of sp³-hybridized carbons (Fsp3) is 0.400. The van der Waals surface area contributed by atoms with Crippen LogP contribution in [0, 0.1) is 18.3 Å². The van der Waals surface area contributed by atoms with Gasteiger partial charge in [-0.05, 0) is 57.5 Å². The molecule has 0 radical (unpaired) electrons. The lowest BCUT2D eigenvalue weighted by molar-refractivity contribution is -0.137. The van der Waals surface area contributed by atoms with E-state index < -0.39 is 33.4 Å². The Bertz CT molecular complexity index is 907. The molecule has 1 N–H and O–H groups in total. The van der Waals surface area contributed by atoms with E-state index in [1.807, 2.05) is 6.07 Å². The van der Waals surface area contributed by atoms with Gasteiger partial charge >= 0.3 is 6.18 Å². The zero-order chi connectivity index (χ0) is 22.0. The van der Waals surface area contributed by atoms with Gasteiger partial charge in [0.15, 0.2) is 0 Å². The van der Waals surface area contributed by atoms with Crippen LogP contribution in [0.5, 0.6) is 0 Å². The number of rotatable bonds is 5. The molecular formula is C20H21ClF3N3OS. The molecule has 156 valence electrons. The van der Waals surface area contributed by atoms with Crippen LogP contribution in [0.2, 0.25) is 5.02 Å². The van der Waals surface area contributed by atoms with Crippen LogP contribution < -0.4 is 4.72 Å². The van der Waals surface area contributed by atoms with E-state index >= 15 is 0 Å². The summed E-state index contributed by atoms with van der Waals surface area (Å²) in [5, 5.41) is 9.86. The highest BCUT2D eigenvalue weighted by atomic mass is 35.5. The Hall–Kier alpha value is -1.79. The van der Waals surface area contributed by atoms with E-state index in [0.29, 0.717) is 10.6 Å². The van der Waals surface area contributed by atoms with Crippen molar-refractivity contribution >= 4 is 23.0 Å². The molecule has 2 rings (SSSR count). The molecule has 0 saturated heterocycles. The molecule has 2 aromatic rings. The molecule has 1 aromatic heterocycles. The Balaban J connectivity index is 2.80. The standard InChI is InChI=1S/C20H21ClF3N3OS/c1-13-9-14(11-15(10-13)20(22,23)24)19(7-8-25,27-29(28)18(2,3)4)17-6-5-16(21)12-26-17/h5-6,9-12,27H,7H2,1-4H3/t19-,29?/m1/s1. The average Bonchev–Trinajstić information content (AvgIpc) is 2.59. The fourth-order valence-electron chi connectivity index (χ4n) is 2.74. The number of nitrogens with one attached hydrogen (secondary N) is 1. The van der Waals surface area contributed by atoms with Crippen LogP contribution in [0.15, 0.2) is 36.5 Å². The minimum Gasteiger partial charge on any atom is -0.598 e. The monoisotopic (exact) mass is 443 g/mol. The van der Waals surface area contributed by atoms with E-state index in [2.05, 4.69) is 9.71 Å². The third kappa shape index (κ3) is 5.43. The zero-order valence-corrected chi connectivity index (χ0v) is 18.0. The molecule has 0 bridgehead atoms. The Kier molecular flexibility index (Phi) is 6.90. The first-order chi connectivity index (χ1) is 13.3. The summed E-state index contributed by atoms with van der Waals surface area (Å²) in [6.45, 7) is 6.70. The topological polar surface area (TPSA) is 71.8 Å². The summed E-state index contributed by atoms with van der Waals surface area (Å²) in [5.41, 5.74) is -1.62. The Morgan fingerprint density at radius 2 is 1.79 bits per heavy atom. The van der Waals surface area contributed by atoms with Gasteiger partial charge in [-0.3, -0.25) is 4.98 Å². The molecule has 0 spiro atoms. The highest BCUT2D eigenvalue weighted by molar-refractivity contribution is 7.90. The molecule has 1 heterocycles. The van der Waals surface area contributed by atoms with Crippen molar-refractivity contribution in [3.05, 3.63) is 63.9 Å². The number of pyridine rings is 1. The normalized spacial score (nSPS) is 15.4. The number of nitrogens with zero attached hydrogens (tertiary/aromatic N) is 2. The van der Waals surface area contributed by atoms with Gasteiger partial charge in [-0.2, -0.15) is 18.4 Å². The number of aromatic nitrogens is 1. The van der Waals surface area contributed by atoms with E-state index in [1.54, 1.807) is 20.8 Å². The number of aryl methyl sites for hydroxylation is 1. The quantitative estimate of drug-likeness (QED) is 0.639. The maximum Gasteiger partial charge on any atom is 0.416 e. The molecule has 2 atom stereocenters. The lowest BCUT2D eigenvalue weighted by atomic mass is 9.83. The van der Waals surface area contributed by atoms with Gasteiger partial charge in [0.05, 0.1) is 28.8 Å². The van der Waals surface area contributed by atoms with Crippen molar-refractivity contribution in [2.45, 2.75) is 50.6 Å². The maximum atomic E-state index is 13.5. The van der Waals surface area contributed by atoms with Crippen LogP contribution in [-0.4, -0.2) is 14.3 Å². The minimum absolute atomic E-state index is 0.152. The van der Waals surface area contributed by atoms with Gasteiger partial charge in [0.2, 0.25) is 0 Å². The van der Waals surface area contributed by atoms with Crippen molar-refractivity contribution in [2.75, 3.05) is 0 Å². The molecule has 1 unspecified atom stereocenters. The molecule has 29 heavy (non-hydrogen) atoms. The summed E-state index contributed by atoms with van der Waals surface area (Å²) >= 11 is 4.21. The maximum absolute atomic E-state index is 13.5. The molecular weight excluding hydrogens is 423 g/mol. The van der Waals surface area contributed by atoms with E-state index in [9.17, 15) is 23.0 Å².